The van der Waals surface area contributed by atoms with E-state index >= 15 is 0 Å². The zero-order valence-electron chi connectivity index (χ0n) is 13.6. The van der Waals surface area contributed by atoms with Crippen LogP contribution in [0.3, 0.4) is 0 Å². The summed E-state index contributed by atoms with van der Waals surface area (Å²) in [7, 11) is -3.16. The minimum absolute atomic E-state index is 0.0964. The molecular weight excluding hydrogens is 313 g/mol. The summed E-state index contributed by atoms with van der Waals surface area (Å²) in [6.07, 6.45) is 2.00. The molecule has 0 saturated carbocycles. The van der Waals surface area contributed by atoms with Crippen molar-refractivity contribution in [2.45, 2.75) is 37.2 Å². The van der Waals surface area contributed by atoms with Crippen LogP contribution in [-0.4, -0.2) is 20.7 Å². The molecule has 2 aromatic carbocycles. The third kappa shape index (κ3) is 5.15. The number of nitrogens with one attached hydrogen (secondary N) is 1. The highest BCUT2D eigenvalue weighted by molar-refractivity contribution is 7.90. The van der Waals surface area contributed by atoms with E-state index in [1.807, 2.05) is 19.1 Å². The van der Waals surface area contributed by atoms with Gasteiger partial charge in [0.1, 0.15) is 5.82 Å². The summed E-state index contributed by atoms with van der Waals surface area (Å²) in [6.45, 7) is 4.11. The highest BCUT2D eigenvalue weighted by atomic mass is 32.2. The molecule has 0 bridgehead atoms. The third-order valence-electron chi connectivity index (χ3n) is 3.80. The first kappa shape index (κ1) is 17.6. The fourth-order valence-electron chi connectivity index (χ4n) is 2.56. The van der Waals surface area contributed by atoms with Crippen LogP contribution < -0.4 is 5.32 Å². The second-order valence-electron chi connectivity index (χ2n) is 5.96. The number of halogens is 1. The van der Waals surface area contributed by atoms with Crippen LogP contribution >= 0.6 is 0 Å². The van der Waals surface area contributed by atoms with Crippen molar-refractivity contribution in [1.29, 1.82) is 0 Å². The molecule has 2 unspecified atom stereocenters. The first-order valence-corrected chi connectivity index (χ1v) is 9.45. The molecule has 0 heterocycles. The van der Waals surface area contributed by atoms with E-state index in [-0.39, 0.29) is 17.9 Å². The van der Waals surface area contributed by atoms with Crippen LogP contribution in [0.2, 0.25) is 0 Å². The van der Waals surface area contributed by atoms with Crippen molar-refractivity contribution in [3.05, 3.63) is 65.5 Å². The second-order valence-corrected chi connectivity index (χ2v) is 7.98. The van der Waals surface area contributed by atoms with Gasteiger partial charge in [0.05, 0.1) is 4.90 Å². The maximum atomic E-state index is 12.9. The van der Waals surface area contributed by atoms with Crippen molar-refractivity contribution in [2.75, 3.05) is 6.26 Å². The summed E-state index contributed by atoms with van der Waals surface area (Å²) in [5, 5.41) is 3.47. The van der Waals surface area contributed by atoms with Gasteiger partial charge >= 0.3 is 0 Å². The van der Waals surface area contributed by atoms with Crippen LogP contribution in [0.25, 0.3) is 0 Å². The molecule has 0 aliphatic carbocycles. The van der Waals surface area contributed by atoms with Crippen LogP contribution in [0, 0.1) is 5.82 Å². The Hall–Kier alpha value is -1.72. The molecule has 0 fully saturated rings. The van der Waals surface area contributed by atoms with E-state index in [1.54, 1.807) is 24.3 Å². The molecule has 0 aliphatic heterocycles. The van der Waals surface area contributed by atoms with Gasteiger partial charge in [0.2, 0.25) is 0 Å². The summed E-state index contributed by atoms with van der Waals surface area (Å²) in [5.41, 5.74) is 2.11. The summed E-state index contributed by atoms with van der Waals surface area (Å²) in [4.78, 5) is 0.327. The topological polar surface area (TPSA) is 46.2 Å². The Balaban J connectivity index is 1.97. The number of hydrogen-bond acceptors (Lipinski definition) is 3. The van der Waals surface area contributed by atoms with Gasteiger partial charge in [0.15, 0.2) is 9.84 Å². The number of sulfone groups is 1. The molecule has 124 valence electrons. The molecule has 23 heavy (non-hydrogen) atoms. The number of rotatable bonds is 6. The predicted molar refractivity (Wildman–Crippen MR) is 90.7 cm³/mol. The largest absolute Gasteiger partial charge is 0.307 e. The minimum Gasteiger partial charge on any atom is -0.307 e. The Kier molecular flexibility index (Phi) is 5.55. The molecule has 0 aromatic heterocycles. The summed E-state index contributed by atoms with van der Waals surface area (Å²) < 4.78 is 35.9. The maximum Gasteiger partial charge on any atom is 0.175 e. The normalized spacial score (nSPS) is 14.4. The first-order chi connectivity index (χ1) is 10.8. The Bertz CT molecular complexity index is 740. The van der Waals surface area contributed by atoms with Gasteiger partial charge in [-0.3, -0.25) is 0 Å². The van der Waals surface area contributed by atoms with Gasteiger partial charge in [0, 0.05) is 18.3 Å². The van der Waals surface area contributed by atoms with Crippen molar-refractivity contribution in [3.8, 4) is 0 Å². The highest BCUT2D eigenvalue weighted by Gasteiger charge is 2.12. The highest BCUT2D eigenvalue weighted by Crippen LogP contribution is 2.17. The summed E-state index contributed by atoms with van der Waals surface area (Å²) >= 11 is 0. The summed E-state index contributed by atoms with van der Waals surface area (Å²) in [5.74, 6) is -0.228. The molecule has 2 atom stereocenters. The molecule has 5 heteroatoms. The Morgan fingerprint density at radius 1 is 1.00 bits per heavy atom. The SMILES string of the molecule is CC(Cc1ccc(F)cc1)NC(C)c1ccc(S(C)(=O)=O)cc1. The third-order valence-corrected chi connectivity index (χ3v) is 4.93. The Morgan fingerprint density at radius 3 is 2.09 bits per heavy atom. The molecule has 2 rings (SSSR count). The lowest BCUT2D eigenvalue weighted by Crippen LogP contribution is -2.30. The van der Waals surface area contributed by atoms with Gasteiger partial charge in [-0.05, 0) is 55.7 Å². The zero-order chi connectivity index (χ0) is 17.0. The van der Waals surface area contributed by atoms with Crippen LogP contribution in [-0.2, 0) is 16.3 Å². The van der Waals surface area contributed by atoms with E-state index in [4.69, 9.17) is 0 Å². The van der Waals surface area contributed by atoms with E-state index in [0.29, 0.717) is 4.90 Å². The molecule has 1 N–H and O–H groups in total. The lowest BCUT2D eigenvalue weighted by molar-refractivity contribution is 0.476. The quantitative estimate of drug-likeness (QED) is 0.879. The van der Waals surface area contributed by atoms with Gasteiger partial charge in [0.25, 0.3) is 0 Å². The van der Waals surface area contributed by atoms with Gasteiger partial charge < -0.3 is 5.32 Å². The molecule has 0 aliphatic rings. The van der Waals surface area contributed by atoms with E-state index < -0.39 is 9.84 Å². The number of hydrogen-bond donors (Lipinski definition) is 1. The summed E-state index contributed by atoms with van der Waals surface area (Å²) in [6, 6.07) is 13.8. The fraction of sp³-hybridized carbons (Fsp3) is 0.333. The van der Waals surface area contributed by atoms with E-state index in [1.165, 1.54) is 18.4 Å². The van der Waals surface area contributed by atoms with Gasteiger partial charge in [-0.2, -0.15) is 0 Å². The van der Waals surface area contributed by atoms with Crippen LogP contribution in [0.15, 0.2) is 53.4 Å². The molecule has 0 saturated heterocycles. The standard InChI is InChI=1S/C18H22FNO2S/c1-13(12-15-4-8-17(19)9-5-15)20-14(2)16-6-10-18(11-7-16)23(3,21)22/h4-11,13-14,20H,12H2,1-3H3. The molecule has 0 amide bonds. The van der Waals surface area contributed by atoms with Crippen molar-refractivity contribution in [2.24, 2.45) is 0 Å². The van der Waals surface area contributed by atoms with Crippen LogP contribution in [0.1, 0.15) is 31.0 Å². The lowest BCUT2D eigenvalue weighted by Gasteiger charge is -2.20. The molecule has 0 spiro atoms. The van der Waals surface area contributed by atoms with Crippen LogP contribution in [0.4, 0.5) is 4.39 Å². The van der Waals surface area contributed by atoms with Gasteiger partial charge in [-0.25, -0.2) is 12.8 Å². The monoisotopic (exact) mass is 335 g/mol. The maximum absolute atomic E-state index is 12.9. The minimum atomic E-state index is -3.16. The van der Waals surface area contributed by atoms with Gasteiger partial charge in [-0.15, -0.1) is 0 Å². The number of benzene rings is 2. The molecule has 3 nitrogen and oxygen atoms in total. The van der Waals surface area contributed by atoms with Crippen molar-refractivity contribution >= 4 is 9.84 Å². The molecular formula is C18H22FNO2S. The average Bonchev–Trinajstić information content (AvgIpc) is 2.49. The van der Waals surface area contributed by atoms with Crippen molar-refractivity contribution in [1.82, 2.24) is 5.32 Å². The van der Waals surface area contributed by atoms with Crippen LogP contribution in [0.5, 0.6) is 0 Å². The average molecular weight is 335 g/mol. The molecule has 0 radical (unpaired) electrons. The van der Waals surface area contributed by atoms with Crippen molar-refractivity contribution < 1.29 is 12.8 Å². The van der Waals surface area contributed by atoms with Crippen molar-refractivity contribution in [3.63, 3.8) is 0 Å². The predicted octanol–water partition coefficient (Wildman–Crippen LogP) is 3.51. The lowest BCUT2D eigenvalue weighted by atomic mass is 10.0. The second kappa shape index (κ2) is 7.23. The van der Waals surface area contributed by atoms with E-state index in [0.717, 1.165) is 17.5 Å². The first-order valence-electron chi connectivity index (χ1n) is 7.56. The Morgan fingerprint density at radius 2 is 1.57 bits per heavy atom. The smallest absolute Gasteiger partial charge is 0.175 e. The Labute approximate surface area is 137 Å². The van der Waals surface area contributed by atoms with Gasteiger partial charge in [-0.1, -0.05) is 24.3 Å². The zero-order valence-corrected chi connectivity index (χ0v) is 14.4. The molecule has 2 aromatic rings. The van der Waals surface area contributed by atoms with E-state index in [2.05, 4.69) is 12.2 Å². The van der Waals surface area contributed by atoms with E-state index in [9.17, 15) is 12.8 Å². The fourth-order valence-corrected chi connectivity index (χ4v) is 3.19.